The van der Waals surface area contributed by atoms with E-state index in [1.807, 2.05) is 0 Å². The molecule has 0 aromatic heterocycles. The molecule has 0 spiro atoms. The van der Waals surface area contributed by atoms with Crippen molar-refractivity contribution in [1.29, 1.82) is 0 Å². The first-order valence-electron chi connectivity index (χ1n) is 7.00. The van der Waals surface area contributed by atoms with Crippen LogP contribution in [0.5, 0.6) is 0 Å². The Hall–Kier alpha value is -0.670. The predicted octanol–water partition coefficient (Wildman–Crippen LogP) is -0.841. The molecule has 0 aromatic rings. The predicted molar refractivity (Wildman–Crippen MR) is 78.9 cm³/mol. The van der Waals surface area contributed by atoms with Crippen LogP contribution in [0.2, 0.25) is 0 Å². The fourth-order valence-electron chi connectivity index (χ4n) is 3.23. The van der Waals surface area contributed by atoms with E-state index < -0.39 is 36.9 Å². The lowest BCUT2D eigenvalue weighted by Crippen LogP contribution is -2.46. The minimum Gasteiger partial charge on any atom is -0.349 e. The minimum atomic E-state index is -3.43. The number of amides is 1. The molecule has 2 aliphatic heterocycles. The maximum atomic E-state index is 12.2. The number of hydrogen-bond acceptors (Lipinski definition) is 5. The molecule has 122 valence electrons. The van der Waals surface area contributed by atoms with E-state index in [4.69, 9.17) is 0 Å². The van der Waals surface area contributed by atoms with Crippen molar-refractivity contribution in [3.05, 3.63) is 0 Å². The summed E-state index contributed by atoms with van der Waals surface area (Å²) < 4.78 is 49.7. The first kappa shape index (κ1) is 16.7. The highest BCUT2D eigenvalue weighted by molar-refractivity contribution is 7.92. The van der Waals surface area contributed by atoms with Crippen LogP contribution in [-0.2, 0) is 24.7 Å². The molecular formula is C12H22N2O5S2. The third-order valence-electron chi connectivity index (χ3n) is 4.48. The van der Waals surface area contributed by atoms with Gasteiger partial charge < -0.3 is 4.90 Å². The van der Waals surface area contributed by atoms with E-state index in [9.17, 15) is 21.6 Å². The van der Waals surface area contributed by atoms with Gasteiger partial charge in [-0.2, -0.15) is 0 Å². The third kappa shape index (κ3) is 2.95. The fraction of sp³-hybridized carbons (Fsp3) is 0.917. The van der Waals surface area contributed by atoms with Crippen LogP contribution in [0, 0.1) is 11.8 Å². The number of hydrogen-bond donors (Lipinski definition) is 0. The molecule has 0 aromatic carbocycles. The maximum Gasteiger partial charge on any atom is 0.225 e. The van der Waals surface area contributed by atoms with E-state index in [-0.39, 0.29) is 36.9 Å². The van der Waals surface area contributed by atoms with Crippen molar-refractivity contribution in [1.82, 2.24) is 9.21 Å². The molecule has 0 saturated carbocycles. The SMILES string of the molecule is CCS(=O)(=O)N1C[C@H]2[C@H](C(=O)N(C)C)CCS(=O)(=O)[C@H]2C1. The van der Waals surface area contributed by atoms with E-state index >= 15 is 0 Å². The van der Waals surface area contributed by atoms with Crippen LogP contribution in [0.25, 0.3) is 0 Å². The summed E-state index contributed by atoms with van der Waals surface area (Å²) in [5.41, 5.74) is 0. The van der Waals surface area contributed by atoms with Gasteiger partial charge in [-0.05, 0) is 13.3 Å². The van der Waals surface area contributed by atoms with E-state index in [0.717, 1.165) is 0 Å². The number of carbonyl (C=O) groups is 1. The van der Waals surface area contributed by atoms with Gasteiger partial charge in [0.2, 0.25) is 15.9 Å². The molecule has 2 aliphatic rings. The molecule has 7 nitrogen and oxygen atoms in total. The number of fused-ring (bicyclic) bond motifs is 1. The van der Waals surface area contributed by atoms with Crippen molar-refractivity contribution in [2.24, 2.45) is 11.8 Å². The number of nitrogens with zero attached hydrogens (tertiary/aromatic N) is 2. The summed E-state index contributed by atoms with van der Waals surface area (Å²) in [6.07, 6.45) is 0.278. The van der Waals surface area contributed by atoms with Crippen molar-refractivity contribution >= 4 is 25.8 Å². The van der Waals surface area contributed by atoms with Gasteiger partial charge in [0.1, 0.15) is 0 Å². The van der Waals surface area contributed by atoms with Crippen LogP contribution in [-0.4, -0.2) is 75.9 Å². The van der Waals surface area contributed by atoms with Gasteiger partial charge >= 0.3 is 0 Å². The molecule has 0 bridgehead atoms. The molecule has 2 fully saturated rings. The van der Waals surface area contributed by atoms with Gasteiger partial charge in [-0.25, -0.2) is 21.1 Å². The molecule has 2 heterocycles. The van der Waals surface area contributed by atoms with Crippen LogP contribution >= 0.6 is 0 Å². The van der Waals surface area contributed by atoms with E-state index in [2.05, 4.69) is 0 Å². The molecule has 2 rings (SSSR count). The van der Waals surface area contributed by atoms with Crippen molar-refractivity contribution in [3.63, 3.8) is 0 Å². The summed E-state index contributed by atoms with van der Waals surface area (Å²) in [6.45, 7) is 1.65. The molecule has 1 amide bonds. The van der Waals surface area contributed by atoms with Crippen molar-refractivity contribution < 1.29 is 21.6 Å². The quantitative estimate of drug-likeness (QED) is 0.669. The monoisotopic (exact) mass is 338 g/mol. The smallest absolute Gasteiger partial charge is 0.225 e. The Morgan fingerprint density at radius 2 is 1.90 bits per heavy atom. The Labute approximate surface area is 126 Å². The van der Waals surface area contributed by atoms with Crippen LogP contribution in [0.4, 0.5) is 0 Å². The molecule has 0 unspecified atom stereocenters. The van der Waals surface area contributed by atoms with Gasteiger partial charge in [-0.1, -0.05) is 0 Å². The molecular weight excluding hydrogens is 316 g/mol. The standard InChI is InChI=1S/C12H22N2O5S2/c1-4-21(18,19)14-7-10-9(12(15)13(2)3)5-6-20(16,17)11(10)8-14/h9-11H,4-8H2,1-3H3/t9-,10+,11+/m1/s1. The third-order valence-corrected chi connectivity index (χ3v) is 8.52. The Morgan fingerprint density at radius 3 is 2.43 bits per heavy atom. The first-order valence-corrected chi connectivity index (χ1v) is 10.3. The van der Waals surface area contributed by atoms with Crippen molar-refractivity contribution in [3.8, 4) is 0 Å². The highest BCUT2D eigenvalue weighted by Crippen LogP contribution is 2.38. The highest BCUT2D eigenvalue weighted by atomic mass is 32.2. The average Bonchev–Trinajstić information content (AvgIpc) is 2.85. The molecule has 21 heavy (non-hydrogen) atoms. The molecule has 2 saturated heterocycles. The second-order valence-electron chi connectivity index (χ2n) is 5.91. The number of rotatable bonds is 3. The van der Waals surface area contributed by atoms with Gasteiger partial charge in [0.05, 0.1) is 16.8 Å². The fourth-order valence-corrected chi connectivity index (χ4v) is 6.58. The lowest BCUT2D eigenvalue weighted by atomic mass is 9.87. The van der Waals surface area contributed by atoms with Gasteiger partial charge in [0.25, 0.3) is 0 Å². The topological polar surface area (TPSA) is 91.8 Å². The Bertz CT molecular complexity index is 626. The molecule has 0 radical (unpaired) electrons. The van der Waals surface area contributed by atoms with Gasteiger partial charge in [-0.3, -0.25) is 4.79 Å². The van der Waals surface area contributed by atoms with Crippen molar-refractivity contribution in [2.75, 3.05) is 38.7 Å². The second-order valence-corrected chi connectivity index (χ2v) is 10.5. The Morgan fingerprint density at radius 1 is 1.29 bits per heavy atom. The Kier molecular flexibility index (Phi) is 4.38. The van der Waals surface area contributed by atoms with E-state index in [1.54, 1.807) is 14.1 Å². The van der Waals surface area contributed by atoms with Crippen LogP contribution in [0.3, 0.4) is 0 Å². The number of carbonyl (C=O) groups excluding carboxylic acids is 1. The summed E-state index contributed by atoms with van der Waals surface area (Å²) >= 11 is 0. The minimum absolute atomic E-state index is 0.0135. The van der Waals surface area contributed by atoms with E-state index in [0.29, 0.717) is 0 Å². The Balaban J connectivity index is 2.33. The van der Waals surface area contributed by atoms with Crippen molar-refractivity contribution in [2.45, 2.75) is 18.6 Å². The number of sulfonamides is 1. The summed E-state index contributed by atoms with van der Waals surface area (Å²) in [7, 11) is -3.49. The van der Waals surface area contributed by atoms with Gasteiger partial charge in [0.15, 0.2) is 9.84 Å². The summed E-state index contributed by atoms with van der Waals surface area (Å²) in [5.74, 6) is -1.06. The second kappa shape index (κ2) is 5.51. The average molecular weight is 338 g/mol. The van der Waals surface area contributed by atoms with Crippen LogP contribution in [0.1, 0.15) is 13.3 Å². The zero-order valence-corrected chi connectivity index (χ0v) is 14.2. The molecule has 0 aliphatic carbocycles. The highest BCUT2D eigenvalue weighted by Gasteiger charge is 2.52. The number of sulfone groups is 1. The zero-order chi connectivity index (χ0) is 16.0. The lowest BCUT2D eigenvalue weighted by molar-refractivity contribution is -0.134. The summed E-state index contributed by atoms with van der Waals surface area (Å²) in [5, 5.41) is -0.749. The maximum absolute atomic E-state index is 12.2. The molecule has 0 N–H and O–H groups in total. The van der Waals surface area contributed by atoms with Gasteiger partial charge in [-0.15, -0.1) is 0 Å². The summed E-state index contributed by atoms with van der Waals surface area (Å²) in [4.78, 5) is 13.7. The summed E-state index contributed by atoms with van der Waals surface area (Å²) in [6, 6.07) is 0. The molecule has 9 heteroatoms. The lowest BCUT2D eigenvalue weighted by Gasteiger charge is -2.33. The van der Waals surface area contributed by atoms with E-state index in [1.165, 1.54) is 16.1 Å². The molecule has 3 atom stereocenters. The largest absolute Gasteiger partial charge is 0.349 e. The van der Waals surface area contributed by atoms with Crippen LogP contribution < -0.4 is 0 Å². The van der Waals surface area contributed by atoms with Crippen LogP contribution in [0.15, 0.2) is 0 Å². The first-order chi connectivity index (χ1) is 9.60. The van der Waals surface area contributed by atoms with Gasteiger partial charge in [0, 0.05) is 39.0 Å². The zero-order valence-electron chi connectivity index (χ0n) is 12.5. The normalized spacial score (nSPS) is 32.6.